The van der Waals surface area contributed by atoms with Crippen LogP contribution in [-0.4, -0.2) is 48.2 Å². The first kappa shape index (κ1) is 24.1. The molecule has 184 valence electrons. The molecule has 1 amide bonds. The van der Waals surface area contributed by atoms with Gasteiger partial charge in [-0.15, -0.1) is 5.10 Å². The van der Waals surface area contributed by atoms with Crippen LogP contribution in [0.1, 0.15) is 42.6 Å². The first-order valence-electron chi connectivity index (χ1n) is 11.5. The van der Waals surface area contributed by atoms with Crippen LogP contribution in [0.5, 0.6) is 5.88 Å². The van der Waals surface area contributed by atoms with Gasteiger partial charge in [-0.1, -0.05) is 35.5 Å². The molecule has 11 nitrogen and oxygen atoms in total. The lowest BCUT2D eigenvalue weighted by atomic mass is 9.87. The Kier molecular flexibility index (Phi) is 7.54. The first-order valence-corrected chi connectivity index (χ1v) is 11.5. The van der Waals surface area contributed by atoms with E-state index in [0.29, 0.717) is 41.5 Å². The second-order valence-electron chi connectivity index (χ2n) is 8.51. The fraction of sp³-hybridized carbons (Fsp3) is 0.417. The van der Waals surface area contributed by atoms with Crippen molar-refractivity contribution in [1.82, 2.24) is 30.3 Å². The number of benzene rings is 1. The lowest BCUT2D eigenvalue weighted by molar-refractivity contribution is -0.143. The van der Waals surface area contributed by atoms with Crippen LogP contribution in [0.15, 0.2) is 36.5 Å². The number of hydrogen-bond acceptors (Lipinski definition) is 8. The summed E-state index contributed by atoms with van der Waals surface area (Å²) in [4.78, 5) is 32.5. The van der Waals surface area contributed by atoms with Crippen LogP contribution < -0.4 is 10.1 Å². The molecule has 1 saturated carbocycles. The number of aromatic nitrogens is 5. The molecule has 0 bridgehead atoms. The maximum Gasteiger partial charge on any atom is 0.407 e. The number of rotatable bonds is 8. The Morgan fingerprint density at radius 2 is 2.03 bits per heavy atom. The SMILES string of the molecule is Cc1nc(-c2nnn(C)c2CNC(=O)OCc2ccccc2)cnc1O[C@H]1CCCC(C(=O)O)C1. The van der Waals surface area contributed by atoms with Crippen LogP contribution in [0.3, 0.4) is 0 Å². The molecule has 2 aromatic heterocycles. The summed E-state index contributed by atoms with van der Waals surface area (Å²) in [6.07, 6.45) is 3.49. The Labute approximate surface area is 202 Å². The summed E-state index contributed by atoms with van der Waals surface area (Å²) in [7, 11) is 1.72. The van der Waals surface area contributed by atoms with Gasteiger partial charge in [0.15, 0.2) is 0 Å². The van der Waals surface area contributed by atoms with Crippen LogP contribution in [0, 0.1) is 12.8 Å². The van der Waals surface area contributed by atoms with E-state index in [4.69, 9.17) is 9.47 Å². The maximum absolute atomic E-state index is 12.2. The number of hydrogen-bond donors (Lipinski definition) is 2. The predicted octanol–water partition coefficient (Wildman–Crippen LogP) is 3.03. The van der Waals surface area contributed by atoms with E-state index in [1.54, 1.807) is 24.9 Å². The number of ether oxygens (including phenoxy) is 2. The smallest absolute Gasteiger partial charge is 0.407 e. The molecule has 2 atom stereocenters. The van der Waals surface area contributed by atoms with E-state index < -0.39 is 18.0 Å². The van der Waals surface area contributed by atoms with E-state index in [-0.39, 0.29) is 19.3 Å². The van der Waals surface area contributed by atoms with Gasteiger partial charge < -0.3 is 19.9 Å². The number of carboxylic acid groups (broad SMARTS) is 1. The van der Waals surface area contributed by atoms with Crippen molar-refractivity contribution in [2.45, 2.75) is 51.9 Å². The Bertz CT molecular complexity index is 1180. The molecule has 0 radical (unpaired) electrons. The number of alkyl carbamates (subject to hydrolysis) is 1. The van der Waals surface area contributed by atoms with Crippen molar-refractivity contribution in [1.29, 1.82) is 0 Å². The topological polar surface area (TPSA) is 141 Å². The second kappa shape index (κ2) is 10.9. The zero-order chi connectivity index (χ0) is 24.8. The molecule has 35 heavy (non-hydrogen) atoms. The second-order valence-corrected chi connectivity index (χ2v) is 8.51. The molecule has 1 aromatic carbocycles. The van der Waals surface area contributed by atoms with Crippen LogP contribution in [0.2, 0.25) is 0 Å². The molecule has 1 unspecified atom stereocenters. The van der Waals surface area contributed by atoms with Gasteiger partial charge in [0.05, 0.1) is 24.4 Å². The molecule has 2 N–H and O–H groups in total. The molecular weight excluding hydrogens is 452 g/mol. The third kappa shape index (κ3) is 6.11. The highest BCUT2D eigenvalue weighted by atomic mass is 16.5. The van der Waals surface area contributed by atoms with Gasteiger partial charge in [0, 0.05) is 7.05 Å². The van der Waals surface area contributed by atoms with E-state index in [9.17, 15) is 14.7 Å². The highest BCUT2D eigenvalue weighted by Gasteiger charge is 2.29. The highest BCUT2D eigenvalue weighted by Crippen LogP contribution is 2.29. The standard InChI is InChI=1S/C24H28N6O5/c1-15-22(35-18-10-6-9-17(11-18)23(31)32)25-12-19(27-15)21-20(30(2)29-28-21)13-26-24(33)34-14-16-7-4-3-5-8-16/h3-5,7-8,12,17-18H,6,9-11,13-14H2,1-2H3,(H,26,33)(H,31,32)/t17?,18-/m0/s1. The van der Waals surface area contributed by atoms with E-state index in [1.807, 2.05) is 30.3 Å². The fourth-order valence-electron chi connectivity index (χ4n) is 4.04. The summed E-state index contributed by atoms with van der Waals surface area (Å²) in [6, 6.07) is 9.42. The number of nitrogens with one attached hydrogen (secondary N) is 1. The first-order chi connectivity index (χ1) is 16.9. The van der Waals surface area contributed by atoms with Crippen molar-refractivity contribution < 1.29 is 24.2 Å². The summed E-state index contributed by atoms with van der Waals surface area (Å²) < 4.78 is 12.8. The minimum atomic E-state index is -0.788. The summed E-state index contributed by atoms with van der Waals surface area (Å²) >= 11 is 0. The number of amides is 1. The summed E-state index contributed by atoms with van der Waals surface area (Å²) in [5, 5.41) is 20.3. The van der Waals surface area contributed by atoms with Gasteiger partial charge in [-0.3, -0.25) is 4.79 Å². The molecule has 2 heterocycles. The van der Waals surface area contributed by atoms with Gasteiger partial charge in [-0.2, -0.15) is 0 Å². The Hall–Kier alpha value is -4.02. The Balaban J connectivity index is 1.39. The Morgan fingerprint density at radius 3 is 2.77 bits per heavy atom. The third-order valence-corrected chi connectivity index (χ3v) is 5.95. The van der Waals surface area contributed by atoms with Crippen LogP contribution in [0.4, 0.5) is 4.79 Å². The van der Waals surface area contributed by atoms with Gasteiger partial charge >= 0.3 is 12.1 Å². The zero-order valence-electron chi connectivity index (χ0n) is 19.7. The molecular formula is C24H28N6O5. The van der Waals surface area contributed by atoms with Crippen molar-refractivity contribution in [2.24, 2.45) is 13.0 Å². The minimum absolute atomic E-state index is 0.143. The van der Waals surface area contributed by atoms with Crippen molar-refractivity contribution >= 4 is 12.1 Å². The fourth-order valence-corrected chi connectivity index (χ4v) is 4.04. The van der Waals surface area contributed by atoms with Crippen molar-refractivity contribution in [2.75, 3.05) is 0 Å². The van der Waals surface area contributed by atoms with Gasteiger partial charge in [0.25, 0.3) is 0 Å². The summed E-state index contributed by atoms with van der Waals surface area (Å²) in [5.74, 6) is -0.808. The number of nitrogens with zero attached hydrogens (tertiary/aromatic N) is 5. The van der Waals surface area contributed by atoms with E-state index in [1.165, 1.54) is 0 Å². The van der Waals surface area contributed by atoms with Crippen LogP contribution in [0.25, 0.3) is 11.4 Å². The highest BCUT2D eigenvalue weighted by molar-refractivity contribution is 5.70. The Morgan fingerprint density at radius 1 is 1.23 bits per heavy atom. The maximum atomic E-state index is 12.2. The quantitative estimate of drug-likeness (QED) is 0.497. The lowest BCUT2D eigenvalue weighted by Crippen LogP contribution is -2.30. The molecule has 3 aromatic rings. The molecule has 1 aliphatic carbocycles. The minimum Gasteiger partial charge on any atom is -0.481 e. The summed E-state index contributed by atoms with van der Waals surface area (Å²) in [6.45, 7) is 2.09. The molecule has 1 aliphatic rings. The average Bonchev–Trinajstić information content (AvgIpc) is 3.23. The number of carbonyl (C=O) groups is 2. The number of aryl methyl sites for hydroxylation is 2. The van der Waals surface area contributed by atoms with E-state index in [2.05, 4.69) is 25.6 Å². The summed E-state index contributed by atoms with van der Waals surface area (Å²) in [5.41, 5.74) is 3.07. The van der Waals surface area contributed by atoms with Crippen molar-refractivity contribution in [3.05, 3.63) is 53.5 Å². The van der Waals surface area contributed by atoms with Gasteiger partial charge in [0.2, 0.25) is 5.88 Å². The molecule has 11 heteroatoms. The number of aliphatic carboxylic acids is 1. The molecule has 4 rings (SSSR count). The van der Waals surface area contributed by atoms with Crippen LogP contribution >= 0.6 is 0 Å². The lowest BCUT2D eigenvalue weighted by Gasteiger charge is -2.27. The number of carboxylic acids is 1. The molecule has 0 spiro atoms. The average molecular weight is 481 g/mol. The van der Waals surface area contributed by atoms with Gasteiger partial charge in [0.1, 0.15) is 29.8 Å². The largest absolute Gasteiger partial charge is 0.481 e. The zero-order valence-corrected chi connectivity index (χ0v) is 19.7. The predicted molar refractivity (Wildman–Crippen MR) is 124 cm³/mol. The third-order valence-electron chi connectivity index (χ3n) is 5.95. The van der Waals surface area contributed by atoms with Crippen LogP contribution in [-0.2, 0) is 29.7 Å². The van der Waals surface area contributed by atoms with E-state index in [0.717, 1.165) is 18.4 Å². The van der Waals surface area contributed by atoms with Gasteiger partial charge in [-0.25, -0.2) is 19.4 Å². The number of carbonyl (C=O) groups excluding carboxylic acids is 1. The van der Waals surface area contributed by atoms with Crippen molar-refractivity contribution in [3.8, 4) is 17.3 Å². The van der Waals surface area contributed by atoms with Gasteiger partial charge in [-0.05, 0) is 38.2 Å². The molecule has 1 fully saturated rings. The normalized spacial score (nSPS) is 17.5. The van der Waals surface area contributed by atoms with Crippen molar-refractivity contribution in [3.63, 3.8) is 0 Å². The molecule has 0 aliphatic heterocycles. The monoisotopic (exact) mass is 480 g/mol. The van der Waals surface area contributed by atoms with E-state index >= 15 is 0 Å². The molecule has 0 saturated heterocycles.